The molecule has 1 aromatic heterocycles. The van der Waals surface area contributed by atoms with Gasteiger partial charge in [0, 0.05) is 29.8 Å². The van der Waals surface area contributed by atoms with Crippen molar-refractivity contribution >= 4 is 33.4 Å². The molecular weight excluding hydrogens is 370 g/mol. The molecule has 2 aromatic rings. The third kappa shape index (κ3) is 3.48. The second-order valence-corrected chi connectivity index (χ2v) is 6.72. The van der Waals surface area contributed by atoms with E-state index in [2.05, 4.69) is 26.2 Å². The summed E-state index contributed by atoms with van der Waals surface area (Å²) >= 11 is 3.46. The number of pyridine rings is 1. The van der Waals surface area contributed by atoms with E-state index in [1.807, 2.05) is 43.3 Å². The van der Waals surface area contributed by atoms with Crippen LogP contribution in [0, 0.1) is 5.92 Å². The molecule has 2 unspecified atom stereocenters. The van der Waals surface area contributed by atoms with Crippen molar-refractivity contribution in [3.05, 3.63) is 58.8 Å². The van der Waals surface area contributed by atoms with E-state index in [0.717, 1.165) is 15.7 Å². The van der Waals surface area contributed by atoms with E-state index in [0.29, 0.717) is 6.54 Å². The maximum absolute atomic E-state index is 12.5. The first-order chi connectivity index (χ1) is 11.6. The van der Waals surface area contributed by atoms with Crippen molar-refractivity contribution in [2.45, 2.75) is 19.4 Å². The van der Waals surface area contributed by atoms with E-state index in [1.54, 1.807) is 17.3 Å². The Kier molecular flexibility index (Phi) is 4.94. The number of aromatic nitrogens is 1. The Morgan fingerprint density at radius 2 is 2.00 bits per heavy atom. The summed E-state index contributed by atoms with van der Waals surface area (Å²) in [5.74, 6) is -0.463. The Morgan fingerprint density at radius 1 is 1.29 bits per heavy atom. The predicted octanol–water partition coefficient (Wildman–Crippen LogP) is 3.07. The monoisotopic (exact) mass is 387 g/mol. The first kappa shape index (κ1) is 16.6. The Hall–Kier alpha value is -2.21. The fourth-order valence-corrected chi connectivity index (χ4v) is 3.35. The third-order valence-corrected chi connectivity index (χ3v) is 4.87. The summed E-state index contributed by atoms with van der Waals surface area (Å²) in [7, 11) is 0. The molecule has 2 heterocycles. The number of nitrogens with one attached hydrogen (secondary N) is 1. The quantitative estimate of drug-likeness (QED) is 0.876. The smallest absolute Gasteiger partial charge is 0.227 e. The summed E-state index contributed by atoms with van der Waals surface area (Å²) in [6.45, 7) is 2.33. The Labute approximate surface area is 149 Å². The molecule has 1 fully saturated rings. The minimum absolute atomic E-state index is 0.0291. The average molecular weight is 388 g/mol. The molecule has 0 spiro atoms. The van der Waals surface area contributed by atoms with Crippen LogP contribution in [0.3, 0.4) is 0 Å². The highest BCUT2D eigenvalue weighted by atomic mass is 79.9. The lowest BCUT2D eigenvalue weighted by atomic mass is 10.1. The number of anilines is 1. The van der Waals surface area contributed by atoms with Crippen LogP contribution in [0.2, 0.25) is 0 Å². The number of hydrogen-bond donors (Lipinski definition) is 1. The first-order valence-corrected chi connectivity index (χ1v) is 8.60. The van der Waals surface area contributed by atoms with Gasteiger partial charge in [-0.3, -0.25) is 14.6 Å². The number of para-hydroxylation sites is 1. The fraction of sp³-hybridized carbons (Fsp3) is 0.278. The van der Waals surface area contributed by atoms with Gasteiger partial charge in [0.15, 0.2) is 0 Å². The van der Waals surface area contributed by atoms with Crippen molar-refractivity contribution in [1.82, 2.24) is 10.3 Å². The van der Waals surface area contributed by atoms with Crippen LogP contribution in [-0.2, 0) is 9.59 Å². The normalized spacial score (nSPS) is 18.5. The molecule has 6 heteroatoms. The van der Waals surface area contributed by atoms with Crippen molar-refractivity contribution in [2.24, 2.45) is 5.92 Å². The van der Waals surface area contributed by atoms with Crippen molar-refractivity contribution in [3.63, 3.8) is 0 Å². The van der Waals surface area contributed by atoms with Gasteiger partial charge in [0.1, 0.15) is 0 Å². The van der Waals surface area contributed by atoms with E-state index in [9.17, 15) is 9.59 Å². The van der Waals surface area contributed by atoms with Crippen LogP contribution >= 0.6 is 15.9 Å². The predicted molar refractivity (Wildman–Crippen MR) is 95.4 cm³/mol. The van der Waals surface area contributed by atoms with E-state index in [-0.39, 0.29) is 30.2 Å². The summed E-state index contributed by atoms with van der Waals surface area (Å²) in [6, 6.07) is 11.2. The average Bonchev–Trinajstić information content (AvgIpc) is 2.98. The minimum atomic E-state index is -0.339. The van der Waals surface area contributed by atoms with Gasteiger partial charge in [0.05, 0.1) is 17.6 Å². The Balaban J connectivity index is 1.67. The lowest BCUT2D eigenvalue weighted by Gasteiger charge is -2.19. The number of amides is 2. The molecule has 0 saturated carbocycles. The molecule has 2 amide bonds. The van der Waals surface area contributed by atoms with Gasteiger partial charge in [-0.25, -0.2) is 0 Å². The summed E-state index contributed by atoms with van der Waals surface area (Å²) < 4.78 is 0.851. The number of carbonyl (C=O) groups excluding carboxylic acids is 2. The molecule has 124 valence electrons. The number of nitrogens with zero attached hydrogens (tertiary/aromatic N) is 2. The topological polar surface area (TPSA) is 62.3 Å². The molecule has 24 heavy (non-hydrogen) atoms. The molecule has 2 atom stereocenters. The molecule has 3 rings (SSSR count). The summed E-state index contributed by atoms with van der Waals surface area (Å²) in [5, 5.41) is 2.99. The van der Waals surface area contributed by atoms with Gasteiger partial charge in [-0.2, -0.15) is 0 Å². The standard InChI is InChI=1S/C18H18BrN3O2/c1-12(13-6-8-20-9-7-13)21-18(24)14-10-17(23)22(11-14)16-5-3-2-4-15(16)19/h2-9,12,14H,10-11H2,1H3,(H,21,24). The van der Waals surface area contributed by atoms with E-state index < -0.39 is 0 Å². The molecule has 0 bridgehead atoms. The summed E-state index contributed by atoms with van der Waals surface area (Å²) in [5.41, 5.74) is 1.80. The molecule has 1 aliphatic rings. The number of benzene rings is 1. The lowest BCUT2D eigenvalue weighted by Crippen LogP contribution is -2.34. The number of hydrogen-bond acceptors (Lipinski definition) is 3. The van der Waals surface area contributed by atoms with Crippen LogP contribution < -0.4 is 10.2 Å². The van der Waals surface area contributed by atoms with Gasteiger partial charge in [0.2, 0.25) is 11.8 Å². The second-order valence-electron chi connectivity index (χ2n) is 5.87. The van der Waals surface area contributed by atoms with E-state index >= 15 is 0 Å². The molecule has 5 nitrogen and oxygen atoms in total. The van der Waals surface area contributed by atoms with Crippen LogP contribution in [0.15, 0.2) is 53.3 Å². The maximum atomic E-state index is 12.5. The Morgan fingerprint density at radius 3 is 2.71 bits per heavy atom. The SMILES string of the molecule is CC(NC(=O)C1CC(=O)N(c2ccccc2Br)C1)c1ccncc1. The van der Waals surface area contributed by atoms with Gasteiger partial charge >= 0.3 is 0 Å². The lowest BCUT2D eigenvalue weighted by molar-refractivity contribution is -0.126. The van der Waals surface area contributed by atoms with Crippen LogP contribution in [0.25, 0.3) is 0 Å². The fourth-order valence-electron chi connectivity index (χ4n) is 2.85. The van der Waals surface area contributed by atoms with Crippen LogP contribution in [0.4, 0.5) is 5.69 Å². The Bertz CT molecular complexity index is 751. The maximum Gasteiger partial charge on any atom is 0.227 e. The highest BCUT2D eigenvalue weighted by Gasteiger charge is 2.36. The highest BCUT2D eigenvalue weighted by Crippen LogP contribution is 2.31. The molecular formula is C18H18BrN3O2. The van der Waals surface area contributed by atoms with Gasteiger partial charge in [-0.15, -0.1) is 0 Å². The van der Waals surface area contributed by atoms with Gasteiger partial charge < -0.3 is 10.2 Å². The molecule has 0 aliphatic carbocycles. The zero-order valence-corrected chi connectivity index (χ0v) is 14.9. The van der Waals surface area contributed by atoms with E-state index in [1.165, 1.54) is 0 Å². The third-order valence-electron chi connectivity index (χ3n) is 4.20. The molecule has 1 N–H and O–H groups in total. The zero-order chi connectivity index (χ0) is 17.1. The largest absolute Gasteiger partial charge is 0.349 e. The zero-order valence-electron chi connectivity index (χ0n) is 13.3. The van der Waals surface area contributed by atoms with Crippen LogP contribution in [-0.4, -0.2) is 23.3 Å². The highest BCUT2D eigenvalue weighted by molar-refractivity contribution is 9.10. The van der Waals surface area contributed by atoms with Crippen molar-refractivity contribution in [2.75, 3.05) is 11.4 Å². The van der Waals surface area contributed by atoms with Crippen molar-refractivity contribution < 1.29 is 9.59 Å². The van der Waals surface area contributed by atoms with Crippen molar-refractivity contribution in [1.29, 1.82) is 0 Å². The molecule has 1 aromatic carbocycles. The number of carbonyl (C=O) groups is 2. The number of rotatable bonds is 4. The van der Waals surface area contributed by atoms with Gasteiger partial charge in [-0.05, 0) is 52.7 Å². The number of halogens is 1. The van der Waals surface area contributed by atoms with Gasteiger partial charge in [-0.1, -0.05) is 12.1 Å². The molecule has 1 saturated heterocycles. The second kappa shape index (κ2) is 7.13. The first-order valence-electron chi connectivity index (χ1n) is 7.81. The molecule has 1 aliphatic heterocycles. The van der Waals surface area contributed by atoms with Crippen molar-refractivity contribution in [3.8, 4) is 0 Å². The summed E-state index contributed by atoms with van der Waals surface area (Å²) in [4.78, 5) is 30.5. The molecule has 0 radical (unpaired) electrons. The van der Waals surface area contributed by atoms with Crippen LogP contribution in [0.5, 0.6) is 0 Å². The van der Waals surface area contributed by atoms with Crippen LogP contribution in [0.1, 0.15) is 24.9 Å². The van der Waals surface area contributed by atoms with E-state index in [4.69, 9.17) is 0 Å². The summed E-state index contributed by atoms with van der Waals surface area (Å²) in [6.07, 6.45) is 3.63. The van der Waals surface area contributed by atoms with Gasteiger partial charge in [0.25, 0.3) is 0 Å². The minimum Gasteiger partial charge on any atom is -0.349 e.